The van der Waals surface area contributed by atoms with E-state index in [2.05, 4.69) is 20.4 Å². The first kappa shape index (κ1) is 20.0. The van der Waals surface area contributed by atoms with E-state index >= 15 is 0 Å². The minimum atomic E-state index is -0.277. The first-order valence-electron chi connectivity index (χ1n) is 9.60. The van der Waals surface area contributed by atoms with Crippen molar-refractivity contribution in [2.75, 3.05) is 18.4 Å². The number of carbonyl (C=O) groups is 2. The lowest BCUT2D eigenvalue weighted by molar-refractivity contribution is 0.0779. The average molecular weight is 425 g/mol. The zero-order valence-corrected chi connectivity index (χ0v) is 17.4. The van der Waals surface area contributed by atoms with Crippen molar-refractivity contribution >= 4 is 29.1 Å². The second kappa shape index (κ2) is 8.23. The lowest BCUT2D eigenvalue weighted by Gasteiger charge is -2.16. The maximum Gasteiger partial charge on any atom is 0.272 e. The minimum absolute atomic E-state index is 0.0363. The van der Waals surface area contributed by atoms with Gasteiger partial charge in [-0.1, -0.05) is 11.6 Å². The van der Waals surface area contributed by atoms with Crippen LogP contribution in [0.15, 0.2) is 42.7 Å². The second-order valence-corrected chi connectivity index (χ2v) is 7.70. The molecule has 0 saturated carbocycles. The SMILES string of the molecule is Cc1nc(C2CCN(C(=O)c3ccnn3C)C2)ncc1C(=O)Nc1ccc(Cl)cc1. The quantitative estimate of drug-likeness (QED) is 0.694. The number of rotatable bonds is 4. The third-order valence-electron chi connectivity index (χ3n) is 5.23. The standard InChI is InChI=1S/C21H21ClN6O2/c1-13-17(20(29)26-16-5-3-15(22)4-6-16)11-23-19(25-13)14-8-10-28(12-14)21(30)18-7-9-24-27(18)2/h3-7,9,11,14H,8,10,12H2,1-2H3,(H,26,29). The van der Waals surface area contributed by atoms with Crippen molar-refractivity contribution in [1.82, 2.24) is 24.6 Å². The number of aryl methyl sites for hydroxylation is 2. The number of amides is 2. The topological polar surface area (TPSA) is 93.0 Å². The maximum absolute atomic E-state index is 12.7. The van der Waals surface area contributed by atoms with Crippen molar-refractivity contribution in [1.29, 1.82) is 0 Å². The number of benzene rings is 1. The average Bonchev–Trinajstić information content (AvgIpc) is 3.38. The summed E-state index contributed by atoms with van der Waals surface area (Å²) in [5, 5.41) is 7.48. The van der Waals surface area contributed by atoms with Gasteiger partial charge in [0.25, 0.3) is 11.8 Å². The number of aromatic nitrogens is 4. The first-order valence-corrected chi connectivity index (χ1v) is 9.98. The summed E-state index contributed by atoms with van der Waals surface area (Å²) in [7, 11) is 1.75. The fourth-order valence-electron chi connectivity index (χ4n) is 3.54. The van der Waals surface area contributed by atoms with E-state index in [4.69, 9.17) is 11.6 Å². The van der Waals surface area contributed by atoms with Gasteiger partial charge in [0.1, 0.15) is 11.5 Å². The summed E-state index contributed by atoms with van der Waals surface area (Å²) < 4.78 is 1.57. The predicted molar refractivity (Wildman–Crippen MR) is 113 cm³/mol. The van der Waals surface area contributed by atoms with Gasteiger partial charge < -0.3 is 10.2 Å². The summed E-state index contributed by atoms with van der Waals surface area (Å²) in [5.74, 6) is 0.360. The molecule has 1 aromatic carbocycles. The highest BCUT2D eigenvalue weighted by Crippen LogP contribution is 2.26. The molecule has 2 amide bonds. The monoisotopic (exact) mass is 424 g/mol. The molecule has 0 bridgehead atoms. The van der Waals surface area contributed by atoms with Gasteiger partial charge in [-0.25, -0.2) is 9.97 Å². The van der Waals surface area contributed by atoms with Gasteiger partial charge in [-0.3, -0.25) is 14.3 Å². The van der Waals surface area contributed by atoms with Crippen LogP contribution in [0, 0.1) is 6.92 Å². The van der Waals surface area contributed by atoms with Crippen LogP contribution in [0.4, 0.5) is 5.69 Å². The first-order chi connectivity index (χ1) is 14.4. The number of hydrogen-bond acceptors (Lipinski definition) is 5. The Morgan fingerprint density at radius 3 is 2.63 bits per heavy atom. The highest BCUT2D eigenvalue weighted by Gasteiger charge is 2.31. The number of nitrogens with one attached hydrogen (secondary N) is 1. The van der Waals surface area contributed by atoms with Crippen molar-refractivity contribution in [2.24, 2.45) is 7.05 Å². The zero-order valence-electron chi connectivity index (χ0n) is 16.7. The molecular formula is C21H21ClN6O2. The summed E-state index contributed by atoms with van der Waals surface area (Å²) in [6, 6.07) is 8.60. The van der Waals surface area contributed by atoms with Crippen LogP contribution in [0.2, 0.25) is 5.02 Å². The van der Waals surface area contributed by atoms with Crippen LogP contribution in [0.25, 0.3) is 0 Å². The summed E-state index contributed by atoms with van der Waals surface area (Å²) >= 11 is 5.87. The van der Waals surface area contributed by atoms with Crippen LogP contribution < -0.4 is 5.32 Å². The van der Waals surface area contributed by atoms with E-state index in [1.165, 1.54) is 0 Å². The molecule has 1 N–H and O–H groups in total. The Morgan fingerprint density at radius 1 is 1.20 bits per heavy atom. The second-order valence-electron chi connectivity index (χ2n) is 7.27. The van der Waals surface area contributed by atoms with E-state index in [0.29, 0.717) is 46.6 Å². The molecule has 0 aliphatic carbocycles. The van der Waals surface area contributed by atoms with Crippen molar-refractivity contribution in [3.63, 3.8) is 0 Å². The lowest BCUT2D eigenvalue weighted by atomic mass is 10.1. The number of likely N-dealkylation sites (tertiary alicyclic amines) is 1. The van der Waals surface area contributed by atoms with Gasteiger partial charge in [-0.05, 0) is 43.7 Å². The molecule has 1 unspecified atom stereocenters. The van der Waals surface area contributed by atoms with E-state index in [0.717, 1.165) is 6.42 Å². The van der Waals surface area contributed by atoms with Crippen molar-refractivity contribution in [3.8, 4) is 0 Å². The van der Waals surface area contributed by atoms with Gasteiger partial charge in [-0.2, -0.15) is 5.10 Å². The largest absolute Gasteiger partial charge is 0.337 e. The van der Waals surface area contributed by atoms with Crippen LogP contribution >= 0.6 is 11.6 Å². The molecule has 3 aromatic rings. The molecule has 0 radical (unpaired) electrons. The van der Waals surface area contributed by atoms with E-state index in [-0.39, 0.29) is 17.7 Å². The van der Waals surface area contributed by atoms with Crippen LogP contribution in [-0.4, -0.2) is 49.6 Å². The Balaban J connectivity index is 1.44. The number of nitrogens with zero attached hydrogens (tertiary/aromatic N) is 5. The van der Waals surface area contributed by atoms with E-state index < -0.39 is 0 Å². The smallest absolute Gasteiger partial charge is 0.272 e. The van der Waals surface area contributed by atoms with Crippen LogP contribution in [0.5, 0.6) is 0 Å². The summed E-state index contributed by atoms with van der Waals surface area (Å²) in [6.45, 7) is 2.96. The highest BCUT2D eigenvalue weighted by atomic mass is 35.5. The number of anilines is 1. The molecule has 2 aromatic heterocycles. The highest BCUT2D eigenvalue weighted by molar-refractivity contribution is 6.30. The van der Waals surface area contributed by atoms with Gasteiger partial charge in [0.15, 0.2) is 0 Å². The molecule has 1 atom stereocenters. The Labute approximate surface area is 178 Å². The van der Waals surface area contributed by atoms with Crippen molar-refractivity contribution in [3.05, 3.63) is 70.5 Å². The van der Waals surface area contributed by atoms with Crippen LogP contribution in [0.3, 0.4) is 0 Å². The molecule has 9 heteroatoms. The van der Waals surface area contributed by atoms with Gasteiger partial charge in [-0.15, -0.1) is 0 Å². The maximum atomic E-state index is 12.7. The van der Waals surface area contributed by atoms with E-state index in [9.17, 15) is 9.59 Å². The molecule has 1 saturated heterocycles. The number of carbonyl (C=O) groups excluding carboxylic acids is 2. The van der Waals surface area contributed by atoms with Crippen molar-refractivity contribution in [2.45, 2.75) is 19.3 Å². The normalized spacial score (nSPS) is 16.0. The Kier molecular flexibility index (Phi) is 5.50. The predicted octanol–water partition coefficient (Wildman–Crippen LogP) is 3.05. The summed E-state index contributed by atoms with van der Waals surface area (Å²) in [5.41, 5.74) is 2.22. The molecule has 3 heterocycles. The third kappa shape index (κ3) is 4.04. The summed E-state index contributed by atoms with van der Waals surface area (Å²) in [6.07, 6.45) is 3.94. The van der Waals surface area contributed by atoms with E-state index in [1.807, 2.05) is 0 Å². The van der Waals surface area contributed by atoms with Crippen LogP contribution in [-0.2, 0) is 7.05 Å². The fourth-order valence-corrected chi connectivity index (χ4v) is 3.66. The molecule has 1 aliphatic rings. The van der Waals surface area contributed by atoms with E-state index in [1.54, 1.807) is 66.3 Å². The molecule has 1 aliphatic heterocycles. The fraction of sp³-hybridized carbons (Fsp3) is 0.286. The molecule has 4 rings (SSSR count). The number of halogens is 1. The van der Waals surface area contributed by atoms with Crippen molar-refractivity contribution < 1.29 is 9.59 Å². The van der Waals surface area contributed by atoms with Gasteiger partial charge in [0, 0.05) is 49.2 Å². The molecule has 1 fully saturated rings. The Bertz CT molecular complexity index is 1100. The van der Waals surface area contributed by atoms with Crippen LogP contribution in [0.1, 0.15) is 44.7 Å². The Morgan fingerprint density at radius 2 is 1.97 bits per heavy atom. The molecule has 0 spiro atoms. The Hall–Kier alpha value is -3.26. The number of hydrogen-bond donors (Lipinski definition) is 1. The molecule has 154 valence electrons. The molecule has 8 nitrogen and oxygen atoms in total. The minimum Gasteiger partial charge on any atom is -0.337 e. The molecular weight excluding hydrogens is 404 g/mol. The van der Waals surface area contributed by atoms with Gasteiger partial charge in [0.05, 0.1) is 11.3 Å². The van der Waals surface area contributed by atoms with Gasteiger partial charge in [0.2, 0.25) is 0 Å². The molecule has 30 heavy (non-hydrogen) atoms. The summed E-state index contributed by atoms with van der Waals surface area (Å²) in [4.78, 5) is 36.0. The zero-order chi connectivity index (χ0) is 21.3. The third-order valence-corrected chi connectivity index (χ3v) is 5.48. The lowest BCUT2D eigenvalue weighted by Crippen LogP contribution is -2.30. The van der Waals surface area contributed by atoms with Gasteiger partial charge >= 0.3 is 0 Å².